The zero-order chi connectivity index (χ0) is 25.1. The Morgan fingerprint density at radius 2 is 2.00 bits per heavy atom. The fourth-order valence-electron chi connectivity index (χ4n) is 4.91. The number of carbonyl (C=O) groups is 1. The molecule has 0 radical (unpaired) electrons. The number of anilines is 2. The molecule has 1 amide bonds. The van der Waals surface area contributed by atoms with Gasteiger partial charge in [0.05, 0.1) is 35.6 Å². The van der Waals surface area contributed by atoms with Gasteiger partial charge in [0, 0.05) is 24.4 Å². The highest BCUT2D eigenvalue weighted by Gasteiger charge is 2.31. The molecule has 5 rings (SSSR count). The van der Waals surface area contributed by atoms with Crippen LogP contribution in [0.2, 0.25) is 5.02 Å². The van der Waals surface area contributed by atoms with Gasteiger partial charge < -0.3 is 19.7 Å². The maximum atomic E-state index is 13.6. The Morgan fingerprint density at radius 3 is 2.78 bits per heavy atom. The Labute approximate surface area is 214 Å². The van der Waals surface area contributed by atoms with Gasteiger partial charge in [0.15, 0.2) is 0 Å². The molecule has 36 heavy (non-hydrogen) atoms. The van der Waals surface area contributed by atoms with Crippen molar-refractivity contribution in [2.75, 3.05) is 45.2 Å². The van der Waals surface area contributed by atoms with Gasteiger partial charge in [0.1, 0.15) is 36.1 Å². The van der Waals surface area contributed by atoms with E-state index in [0.717, 1.165) is 45.3 Å². The van der Waals surface area contributed by atoms with E-state index >= 15 is 0 Å². The van der Waals surface area contributed by atoms with Gasteiger partial charge in [-0.25, -0.2) is 14.4 Å². The molecule has 10 heteroatoms. The maximum Gasteiger partial charge on any atom is 0.237 e. The molecule has 0 aliphatic carbocycles. The molecule has 1 N–H and O–H groups in total. The minimum absolute atomic E-state index is 0.00157. The first kappa shape index (κ1) is 24.5. The average Bonchev–Trinajstić information content (AvgIpc) is 3.57. The van der Waals surface area contributed by atoms with Crippen molar-refractivity contribution < 1.29 is 18.7 Å². The number of halogens is 2. The third kappa shape index (κ3) is 5.32. The van der Waals surface area contributed by atoms with Crippen molar-refractivity contribution in [2.24, 2.45) is 0 Å². The monoisotopic (exact) mass is 513 g/mol. The normalized spacial score (nSPS) is 18.1. The number of ether oxygens (including phenoxy) is 2. The standard InChI is InChI=1S/C26H29ClFN5O3/c1-35-19-12-22-25(26(30-16-29-22)31-17-6-7-21(28)20(27)11-17)23(13-19)36-15-18-5-4-10-33(18)24(34)14-32-8-2-3-9-32/h6-7,11-13,16,18H,2-5,8-10,14-15H2,1H3,(H,29,30,31). The van der Waals surface area contributed by atoms with Crippen LogP contribution in [0.5, 0.6) is 11.5 Å². The second-order valence-electron chi connectivity index (χ2n) is 9.17. The van der Waals surface area contributed by atoms with Crippen LogP contribution < -0.4 is 14.8 Å². The number of methoxy groups -OCH3 is 1. The SMILES string of the molecule is COc1cc(OCC2CCCN2C(=O)CN2CCCC2)c2c(Nc3ccc(F)c(Cl)c3)ncnc2c1. The molecule has 0 bridgehead atoms. The van der Waals surface area contributed by atoms with E-state index in [9.17, 15) is 9.18 Å². The van der Waals surface area contributed by atoms with Gasteiger partial charge in [0.25, 0.3) is 0 Å². The summed E-state index contributed by atoms with van der Waals surface area (Å²) in [6.07, 6.45) is 5.61. The lowest BCUT2D eigenvalue weighted by molar-refractivity contribution is -0.133. The summed E-state index contributed by atoms with van der Waals surface area (Å²) in [6.45, 7) is 3.56. The molecule has 3 aromatic rings. The van der Waals surface area contributed by atoms with E-state index in [0.29, 0.717) is 47.1 Å². The Hall–Kier alpha value is -3.17. The lowest BCUT2D eigenvalue weighted by Crippen LogP contribution is -2.44. The molecule has 0 saturated carbocycles. The van der Waals surface area contributed by atoms with Crippen molar-refractivity contribution in [3.63, 3.8) is 0 Å². The molecule has 0 spiro atoms. The Bertz CT molecular complexity index is 1250. The number of benzene rings is 2. The van der Waals surface area contributed by atoms with E-state index in [1.54, 1.807) is 25.3 Å². The molecule has 2 saturated heterocycles. The maximum absolute atomic E-state index is 13.6. The molecule has 2 aliphatic rings. The van der Waals surface area contributed by atoms with Gasteiger partial charge in [-0.3, -0.25) is 9.69 Å². The number of likely N-dealkylation sites (tertiary alicyclic amines) is 2. The highest BCUT2D eigenvalue weighted by molar-refractivity contribution is 6.31. The summed E-state index contributed by atoms with van der Waals surface area (Å²) in [5, 5.41) is 3.86. The van der Waals surface area contributed by atoms with Gasteiger partial charge in [-0.15, -0.1) is 0 Å². The predicted molar refractivity (Wildman–Crippen MR) is 137 cm³/mol. The van der Waals surface area contributed by atoms with Gasteiger partial charge in [-0.05, 0) is 57.0 Å². The summed E-state index contributed by atoms with van der Waals surface area (Å²) >= 11 is 5.96. The van der Waals surface area contributed by atoms with Crippen LogP contribution in [0.15, 0.2) is 36.7 Å². The van der Waals surface area contributed by atoms with Crippen LogP contribution in [0.3, 0.4) is 0 Å². The lowest BCUT2D eigenvalue weighted by atomic mass is 10.2. The first-order chi connectivity index (χ1) is 17.5. The summed E-state index contributed by atoms with van der Waals surface area (Å²) < 4.78 is 25.4. The highest BCUT2D eigenvalue weighted by atomic mass is 35.5. The van der Waals surface area contributed by atoms with Crippen LogP contribution in [0, 0.1) is 5.82 Å². The minimum atomic E-state index is -0.496. The number of hydrogen-bond acceptors (Lipinski definition) is 7. The zero-order valence-electron chi connectivity index (χ0n) is 20.2. The predicted octanol–water partition coefficient (Wildman–Crippen LogP) is 4.64. The second-order valence-corrected chi connectivity index (χ2v) is 9.58. The molecular weight excluding hydrogens is 485 g/mol. The van der Waals surface area contributed by atoms with Crippen LogP contribution in [-0.2, 0) is 4.79 Å². The molecule has 1 atom stereocenters. The molecule has 190 valence electrons. The summed E-state index contributed by atoms with van der Waals surface area (Å²) in [7, 11) is 1.58. The fraction of sp³-hybridized carbons (Fsp3) is 0.423. The number of carbonyl (C=O) groups excluding carboxylic acids is 1. The van der Waals surface area contributed by atoms with Crippen molar-refractivity contribution in [3.05, 3.63) is 47.5 Å². The first-order valence-electron chi connectivity index (χ1n) is 12.2. The van der Waals surface area contributed by atoms with Crippen LogP contribution >= 0.6 is 11.6 Å². The summed E-state index contributed by atoms with van der Waals surface area (Å²) in [5.41, 5.74) is 1.21. The smallest absolute Gasteiger partial charge is 0.237 e. The van der Waals surface area contributed by atoms with Gasteiger partial charge >= 0.3 is 0 Å². The van der Waals surface area contributed by atoms with Crippen LogP contribution in [0.4, 0.5) is 15.9 Å². The molecule has 3 heterocycles. The van der Waals surface area contributed by atoms with Gasteiger partial charge in [0.2, 0.25) is 5.91 Å². The fourth-order valence-corrected chi connectivity index (χ4v) is 5.09. The third-order valence-electron chi connectivity index (χ3n) is 6.78. The third-order valence-corrected chi connectivity index (χ3v) is 7.07. The van der Waals surface area contributed by atoms with Crippen molar-refractivity contribution in [1.29, 1.82) is 0 Å². The molecule has 2 fully saturated rings. The quantitative estimate of drug-likeness (QED) is 0.470. The number of aromatic nitrogens is 2. The van der Waals surface area contributed by atoms with E-state index in [2.05, 4.69) is 20.2 Å². The average molecular weight is 514 g/mol. The number of fused-ring (bicyclic) bond motifs is 1. The molecule has 1 aromatic heterocycles. The Kier molecular flexibility index (Phi) is 7.38. The van der Waals surface area contributed by atoms with Crippen molar-refractivity contribution in [3.8, 4) is 11.5 Å². The lowest BCUT2D eigenvalue weighted by Gasteiger charge is -2.27. The van der Waals surface area contributed by atoms with Crippen LogP contribution in [-0.4, -0.2) is 71.6 Å². The molecule has 2 aromatic carbocycles. The molecule has 1 unspecified atom stereocenters. The van der Waals surface area contributed by atoms with Crippen LogP contribution in [0.1, 0.15) is 25.7 Å². The zero-order valence-corrected chi connectivity index (χ0v) is 20.9. The van der Waals surface area contributed by atoms with Gasteiger partial charge in [-0.1, -0.05) is 11.6 Å². The Morgan fingerprint density at radius 1 is 1.17 bits per heavy atom. The number of rotatable bonds is 8. The topological polar surface area (TPSA) is 79.8 Å². The van der Waals surface area contributed by atoms with Crippen LogP contribution in [0.25, 0.3) is 10.9 Å². The van der Waals surface area contributed by atoms with Crippen molar-refractivity contribution in [1.82, 2.24) is 19.8 Å². The number of nitrogens with zero attached hydrogens (tertiary/aromatic N) is 4. The second kappa shape index (κ2) is 10.8. The van der Waals surface area contributed by atoms with Gasteiger partial charge in [-0.2, -0.15) is 0 Å². The number of hydrogen-bond donors (Lipinski definition) is 1. The van der Waals surface area contributed by atoms with E-state index in [1.807, 2.05) is 4.90 Å². The first-order valence-corrected chi connectivity index (χ1v) is 12.6. The van der Waals surface area contributed by atoms with Crippen molar-refractivity contribution >= 4 is 39.9 Å². The largest absolute Gasteiger partial charge is 0.497 e. The van der Waals surface area contributed by atoms with E-state index < -0.39 is 5.82 Å². The number of amides is 1. The van der Waals surface area contributed by atoms with Crippen molar-refractivity contribution in [2.45, 2.75) is 31.7 Å². The highest BCUT2D eigenvalue weighted by Crippen LogP contribution is 2.36. The van der Waals surface area contributed by atoms with E-state index in [4.69, 9.17) is 21.1 Å². The Balaban J connectivity index is 1.38. The molecule has 2 aliphatic heterocycles. The molecule has 8 nitrogen and oxygen atoms in total. The molecular formula is C26H29ClFN5O3. The summed E-state index contributed by atoms with van der Waals surface area (Å²) in [6, 6.07) is 7.97. The summed E-state index contributed by atoms with van der Waals surface area (Å²) in [5.74, 6) is 1.30. The number of nitrogens with one attached hydrogen (secondary N) is 1. The summed E-state index contributed by atoms with van der Waals surface area (Å²) in [4.78, 5) is 26.0. The van der Waals surface area contributed by atoms with E-state index in [-0.39, 0.29) is 17.0 Å². The minimum Gasteiger partial charge on any atom is -0.497 e. The van der Waals surface area contributed by atoms with E-state index in [1.165, 1.54) is 18.5 Å².